The molecule has 0 bridgehead atoms. The Morgan fingerprint density at radius 2 is 1.78 bits per heavy atom. The van der Waals surface area contributed by atoms with Crippen molar-refractivity contribution in [1.29, 1.82) is 0 Å². The minimum Gasteiger partial charge on any atom is -0.479 e. The SMILES string of the molecule is O=C(O)C1(C(=O)O)C[C@@H](O)[C@@H](O)[C@@H]([C@H](O)CO)O1. The van der Waals surface area contributed by atoms with Crippen LogP contribution in [0.1, 0.15) is 6.42 Å². The van der Waals surface area contributed by atoms with Gasteiger partial charge >= 0.3 is 11.9 Å². The van der Waals surface area contributed by atoms with Gasteiger partial charge in [-0.05, 0) is 0 Å². The third kappa shape index (κ3) is 2.31. The van der Waals surface area contributed by atoms with Crippen LogP contribution in [0.3, 0.4) is 0 Å². The molecule has 9 nitrogen and oxygen atoms in total. The summed E-state index contributed by atoms with van der Waals surface area (Å²) in [5, 5.41) is 54.8. The second-order valence-corrected chi connectivity index (χ2v) is 4.03. The lowest BCUT2D eigenvalue weighted by atomic mass is 9.86. The van der Waals surface area contributed by atoms with Gasteiger partial charge in [0.25, 0.3) is 5.60 Å². The fourth-order valence-electron chi connectivity index (χ4n) is 1.76. The number of hydrogen-bond acceptors (Lipinski definition) is 7. The van der Waals surface area contributed by atoms with E-state index in [1.807, 2.05) is 0 Å². The van der Waals surface area contributed by atoms with Gasteiger partial charge in [-0.15, -0.1) is 0 Å². The number of aliphatic hydroxyl groups excluding tert-OH is 4. The monoisotopic (exact) mass is 266 g/mol. The molecule has 0 radical (unpaired) electrons. The highest BCUT2D eigenvalue weighted by atomic mass is 16.6. The largest absolute Gasteiger partial charge is 0.479 e. The van der Waals surface area contributed by atoms with Gasteiger partial charge in [0.2, 0.25) is 0 Å². The Hall–Kier alpha value is -1.26. The molecule has 9 heteroatoms. The fraction of sp³-hybridized carbons (Fsp3) is 0.778. The normalized spacial score (nSPS) is 32.8. The van der Waals surface area contributed by atoms with Gasteiger partial charge in [-0.3, -0.25) is 0 Å². The zero-order chi connectivity index (χ0) is 14.1. The first-order valence-electron chi connectivity index (χ1n) is 5.06. The summed E-state index contributed by atoms with van der Waals surface area (Å²) in [5.74, 6) is -3.73. The van der Waals surface area contributed by atoms with Gasteiger partial charge in [-0.1, -0.05) is 0 Å². The molecule has 1 heterocycles. The average molecular weight is 266 g/mol. The molecule has 18 heavy (non-hydrogen) atoms. The smallest absolute Gasteiger partial charge is 0.347 e. The number of aliphatic hydroxyl groups is 4. The summed E-state index contributed by atoms with van der Waals surface area (Å²) in [7, 11) is 0. The molecule has 0 aromatic rings. The maximum absolute atomic E-state index is 11.0. The minimum atomic E-state index is -2.76. The van der Waals surface area contributed by atoms with E-state index in [9.17, 15) is 24.9 Å². The van der Waals surface area contributed by atoms with Crippen LogP contribution in [-0.4, -0.2) is 79.2 Å². The van der Waals surface area contributed by atoms with E-state index in [0.29, 0.717) is 0 Å². The van der Waals surface area contributed by atoms with Crippen LogP contribution in [0.15, 0.2) is 0 Å². The fourth-order valence-corrected chi connectivity index (χ4v) is 1.76. The second kappa shape index (κ2) is 5.16. The second-order valence-electron chi connectivity index (χ2n) is 4.03. The summed E-state index contributed by atoms with van der Waals surface area (Å²) in [6.07, 6.45) is -7.71. The summed E-state index contributed by atoms with van der Waals surface area (Å²) in [6.45, 7) is -0.885. The van der Waals surface area contributed by atoms with Gasteiger partial charge in [-0.25, -0.2) is 9.59 Å². The first kappa shape index (κ1) is 14.8. The Labute approximate surface area is 101 Å². The maximum Gasteiger partial charge on any atom is 0.347 e. The van der Waals surface area contributed by atoms with Crippen molar-refractivity contribution in [3.63, 3.8) is 0 Å². The van der Waals surface area contributed by atoms with Crippen molar-refractivity contribution in [3.8, 4) is 0 Å². The molecule has 6 N–H and O–H groups in total. The highest BCUT2D eigenvalue weighted by Crippen LogP contribution is 2.31. The average Bonchev–Trinajstić information content (AvgIpc) is 2.30. The topological polar surface area (TPSA) is 165 Å². The van der Waals surface area contributed by atoms with Crippen molar-refractivity contribution in [3.05, 3.63) is 0 Å². The quantitative estimate of drug-likeness (QED) is 0.287. The van der Waals surface area contributed by atoms with Gasteiger partial charge in [0.1, 0.15) is 18.3 Å². The Bertz CT molecular complexity index is 327. The first-order chi connectivity index (χ1) is 8.26. The predicted octanol–water partition coefficient (Wildman–Crippen LogP) is -3.24. The minimum absolute atomic E-state index is 0.868. The number of rotatable bonds is 4. The van der Waals surface area contributed by atoms with Crippen LogP contribution < -0.4 is 0 Å². The molecule has 0 unspecified atom stereocenters. The number of carboxylic acids is 2. The molecule has 0 aliphatic carbocycles. The van der Waals surface area contributed by atoms with E-state index in [2.05, 4.69) is 0 Å². The van der Waals surface area contributed by atoms with Crippen LogP contribution in [0.25, 0.3) is 0 Å². The number of ether oxygens (including phenoxy) is 1. The van der Waals surface area contributed by atoms with Crippen molar-refractivity contribution < 1.29 is 45.0 Å². The van der Waals surface area contributed by atoms with Crippen LogP contribution in [0.4, 0.5) is 0 Å². The highest BCUT2D eigenvalue weighted by Gasteiger charge is 2.58. The molecule has 104 valence electrons. The molecule has 1 aliphatic heterocycles. The third-order valence-electron chi connectivity index (χ3n) is 2.82. The lowest BCUT2D eigenvalue weighted by Gasteiger charge is -2.41. The summed E-state index contributed by atoms with van der Waals surface area (Å²) in [6, 6.07) is 0. The zero-order valence-electron chi connectivity index (χ0n) is 9.13. The van der Waals surface area contributed by atoms with Crippen molar-refractivity contribution in [2.75, 3.05) is 6.61 Å². The molecule has 0 amide bonds. The van der Waals surface area contributed by atoms with Crippen LogP contribution in [0.2, 0.25) is 0 Å². The van der Waals surface area contributed by atoms with Gasteiger partial charge in [0.05, 0.1) is 12.7 Å². The molecule has 4 atom stereocenters. The zero-order valence-corrected chi connectivity index (χ0v) is 9.13. The van der Waals surface area contributed by atoms with Gasteiger partial charge < -0.3 is 35.4 Å². The Morgan fingerprint density at radius 1 is 1.28 bits per heavy atom. The third-order valence-corrected chi connectivity index (χ3v) is 2.82. The predicted molar refractivity (Wildman–Crippen MR) is 52.6 cm³/mol. The molecule has 1 fully saturated rings. The van der Waals surface area contributed by atoms with Gasteiger partial charge in [0.15, 0.2) is 0 Å². The Morgan fingerprint density at radius 3 is 2.17 bits per heavy atom. The standard InChI is InChI=1S/C9H14O9/c10-2-4(12)6-5(13)3(11)1-9(18-6,7(14)15)8(16)17/h3-6,10-13H,1-2H2,(H,14,15)(H,16,17)/t3-,4-,5-,6-/m1/s1. The van der Waals surface area contributed by atoms with Gasteiger partial charge in [-0.2, -0.15) is 0 Å². The molecule has 0 spiro atoms. The lowest BCUT2D eigenvalue weighted by Crippen LogP contribution is -2.64. The van der Waals surface area contributed by atoms with E-state index < -0.39 is 55.0 Å². The molecular formula is C9H14O9. The van der Waals surface area contributed by atoms with E-state index in [-0.39, 0.29) is 0 Å². The van der Waals surface area contributed by atoms with E-state index in [1.165, 1.54) is 0 Å². The van der Waals surface area contributed by atoms with Crippen molar-refractivity contribution in [2.45, 2.75) is 36.4 Å². The Balaban J connectivity index is 3.10. The number of hydrogen-bond donors (Lipinski definition) is 6. The van der Waals surface area contributed by atoms with Crippen molar-refractivity contribution in [2.24, 2.45) is 0 Å². The summed E-state index contributed by atoms with van der Waals surface area (Å²) in [5.41, 5.74) is -2.76. The molecule has 1 aliphatic rings. The van der Waals surface area contributed by atoms with Crippen molar-refractivity contribution in [1.82, 2.24) is 0 Å². The Kier molecular flexibility index (Phi) is 4.24. The van der Waals surface area contributed by atoms with Crippen LogP contribution in [0.5, 0.6) is 0 Å². The number of aliphatic carboxylic acids is 2. The van der Waals surface area contributed by atoms with Crippen LogP contribution >= 0.6 is 0 Å². The first-order valence-corrected chi connectivity index (χ1v) is 5.06. The van der Waals surface area contributed by atoms with Crippen LogP contribution in [-0.2, 0) is 14.3 Å². The highest BCUT2D eigenvalue weighted by molar-refractivity contribution is 6.02. The van der Waals surface area contributed by atoms with E-state index in [0.717, 1.165) is 0 Å². The summed E-state index contributed by atoms with van der Waals surface area (Å²) < 4.78 is 4.71. The molecule has 0 aromatic heterocycles. The summed E-state index contributed by atoms with van der Waals surface area (Å²) >= 11 is 0. The lowest BCUT2D eigenvalue weighted by molar-refractivity contribution is -0.248. The number of carbonyl (C=O) groups is 2. The van der Waals surface area contributed by atoms with E-state index >= 15 is 0 Å². The number of carboxylic acid groups (broad SMARTS) is 2. The molecular weight excluding hydrogens is 252 g/mol. The summed E-state index contributed by atoms with van der Waals surface area (Å²) in [4.78, 5) is 22.0. The van der Waals surface area contributed by atoms with Crippen LogP contribution in [0, 0.1) is 0 Å². The molecule has 1 saturated heterocycles. The van der Waals surface area contributed by atoms with E-state index in [4.69, 9.17) is 20.1 Å². The molecule has 0 aromatic carbocycles. The molecule has 0 saturated carbocycles. The molecule has 1 rings (SSSR count). The van der Waals surface area contributed by atoms with Gasteiger partial charge in [0, 0.05) is 6.42 Å². The van der Waals surface area contributed by atoms with Crippen molar-refractivity contribution >= 4 is 11.9 Å². The van der Waals surface area contributed by atoms with E-state index in [1.54, 1.807) is 0 Å². The maximum atomic E-state index is 11.0.